The van der Waals surface area contributed by atoms with Crippen molar-refractivity contribution in [3.05, 3.63) is 42.0 Å². The predicted molar refractivity (Wildman–Crippen MR) is 68.5 cm³/mol. The Bertz CT molecular complexity index is 497. The Hall–Kier alpha value is -2.01. The van der Waals surface area contributed by atoms with Crippen LogP contribution in [0.4, 0.5) is 0 Å². The van der Waals surface area contributed by atoms with E-state index in [2.05, 4.69) is 15.3 Å². The molecule has 0 fully saturated rings. The van der Waals surface area contributed by atoms with Gasteiger partial charge in [0.15, 0.2) is 11.5 Å². The van der Waals surface area contributed by atoms with Crippen molar-refractivity contribution in [3.8, 4) is 11.5 Å². The minimum Gasteiger partial charge on any atom is -0.504 e. The number of hydrogen-bond acceptors (Lipinski definition) is 4. The summed E-state index contributed by atoms with van der Waals surface area (Å²) in [6.07, 6.45) is 3.54. The second-order valence-corrected chi connectivity index (χ2v) is 4.08. The van der Waals surface area contributed by atoms with Gasteiger partial charge in [0.2, 0.25) is 0 Å². The molecule has 1 atom stereocenters. The number of phenolic OH excluding ortho intramolecular Hbond substituents is 1. The zero-order valence-electron chi connectivity index (χ0n) is 10.5. The van der Waals surface area contributed by atoms with Gasteiger partial charge in [-0.05, 0) is 24.6 Å². The molecule has 18 heavy (non-hydrogen) atoms. The molecule has 0 bridgehead atoms. The lowest BCUT2D eigenvalue weighted by molar-refractivity contribution is 0.372. The Kier molecular flexibility index (Phi) is 3.84. The molecular weight excluding hydrogens is 230 g/mol. The van der Waals surface area contributed by atoms with E-state index in [4.69, 9.17) is 4.74 Å². The monoisotopic (exact) mass is 247 g/mol. The van der Waals surface area contributed by atoms with Crippen LogP contribution in [-0.4, -0.2) is 22.2 Å². The van der Waals surface area contributed by atoms with E-state index in [1.807, 2.05) is 19.1 Å². The first-order valence-electron chi connectivity index (χ1n) is 5.79. The average molecular weight is 247 g/mol. The van der Waals surface area contributed by atoms with Gasteiger partial charge in [-0.2, -0.15) is 0 Å². The van der Waals surface area contributed by atoms with Crippen molar-refractivity contribution >= 4 is 0 Å². The van der Waals surface area contributed by atoms with Gasteiger partial charge in [-0.3, -0.25) is 0 Å². The highest BCUT2D eigenvalue weighted by atomic mass is 16.5. The molecule has 1 unspecified atom stereocenters. The number of hydrogen-bond donors (Lipinski definition) is 3. The molecule has 1 heterocycles. The Labute approximate surface area is 106 Å². The number of rotatable bonds is 5. The first kappa shape index (κ1) is 12.4. The number of methoxy groups -OCH3 is 1. The number of H-pyrrole nitrogens is 1. The summed E-state index contributed by atoms with van der Waals surface area (Å²) in [4.78, 5) is 7.26. The molecule has 0 spiro atoms. The summed E-state index contributed by atoms with van der Waals surface area (Å²) in [5.74, 6) is 1.54. The first-order valence-corrected chi connectivity index (χ1v) is 5.79. The van der Waals surface area contributed by atoms with Crippen molar-refractivity contribution in [2.75, 3.05) is 7.11 Å². The molecule has 5 nitrogen and oxygen atoms in total. The third-order valence-electron chi connectivity index (χ3n) is 2.79. The maximum atomic E-state index is 9.50. The fourth-order valence-corrected chi connectivity index (χ4v) is 1.71. The number of phenols is 1. The van der Waals surface area contributed by atoms with E-state index in [-0.39, 0.29) is 11.8 Å². The average Bonchev–Trinajstić information content (AvgIpc) is 2.91. The maximum Gasteiger partial charge on any atom is 0.160 e. The lowest BCUT2D eigenvalue weighted by Gasteiger charge is -2.12. The van der Waals surface area contributed by atoms with Crippen LogP contribution in [0.15, 0.2) is 30.6 Å². The zero-order chi connectivity index (χ0) is 13.0. The third-order valence-corrected chi connectivity index (χ3v) is 2.79. The van der Waals surface area contributed by atoms with Crippen LogP contribution in [-0.2, 0) is 6.54 Å². The standard InChI is InChI=1S/C13H17N3O2/c1-9(13-14-5-6-15-13)16-8-10-3-4-11(17)12(7-10)18-2/h3-7,9,16-17H,8H2,1-2H3,(H,14,15). The van der Waals surface area contributed by atoms with Crippen molar-refractivity contribution in [1.82, 2.24) is 15.3 Å². The Morgan fingerprint density at radius 1 is 1.50 bits per heavy atom. The highest BCUT2D eigenvalue weighted by molar-refractivity contribution is 5.41. The summed E-state index contributed by atoms with van der Waals surface area (Å²) in [5.41, 5.74) is 1.04. The van der Waals surface area contributed by atoms with Crippen LogP contribution in [0.5, 0.6) is 11.5 Å². The predicted octanol–water partition coefficient (Wildman–Crippen LogP) is 1.97. The molecule has 0 amide bonds. The van der Waals surface area contributed by atoms with Gasteiger partial charge >= 0.3 is 0 Å². The summed E-state index contributed by atoms with van der Waals surface area (Å²) < 4.78 is 5.07. The molecule has 1 aromatic heterocycles. The molecule has 0 saturated heterocycles. The van der Waals surface area contributed by atoms with E-state index in [1.165, 1.54) is 7.11 Å². The van der Waals surface area contributed by atoms with Gasteiger partial charge in [0.1, 0.15) is 5.82 Å². The zero-order valence-corrected chi connectivity index (χ0v) is 10.5. The van der Waals surface area contributed by atoms with Gasteiger partial charge in [-0.1, -0.05) is 6.07 Å². The van der Waals surface area contributed by atoms with Crippen LogP contribution in [0.2, 0.25) is 0 Å². The molecule has 5 heteroatoms. The van der Waals surface area contributed by atoms with Gasteiger partial charge in [0, 0.05) is 18.9 Å². The van der Waals surface area contributed by atoms with Crippen molar-refractivity contribution in [3.63, 3.8) is 0 Å². The molecule has 3 N–H and O–H groups in total. The largest absolute Gasteiger partial charge is 0.504 e. The van der Waals surface area contributed by atoms with E-state index >= 15 is 0 Å². The van der Waals surface area contributed by atoms with Crippen LogP contribution in [0.3, 0.4) is 0 Å². The van der Waals surface area contributed by atoms with Gasteiger partial charge in [0.25, 0.3) is 0 Å². The number of aromatic amines is 1. The number of aromatic hydroxyl groups is 1. The number of benzene rings is 1. The van der Waals surface area contributed by atoms with E-state index < -0.39 is 0 Å². The number of ether oxygens (including phenoxy) is 1. The molecule has 0 radical (unpaired) electrons. The van der Waals surface area contributed by atoms with Gasteiger partial charge in [-0.15, -0.1) is 0 Å². The molecule has 0 saturated carbocycles. The number of imidazole rings is 1. The van der Waals surface area contributed by atoms with Crippen LogP contribution < -0.4 is 10.1 Å². The molecule has 1 aromatic carbocycles. The van der Waals surface area contributed by atoms with E-state index in [0.717, 1.165) is 11.4 Å². The summed E-state index contributed by atoms with van der Waals surface area (Å²) in [6, 6.07) is 5.45. The summed E-state index contributed by atoms with van der Waals surface area (Å²) in [5, 5.41) is 12.8. The topological polar surface area (TPSA) is 70.2 Å². The minimum absolute atomic E-state index is 0.139. The lowest BCUT2D eigenvalue weighted by Crippen LogP contribution is -2.19. The van der Waals surface area contributed by atoms with Crippen LogP contribution in [0.25, 0.3) is 0 Å². The van der Waals surface area contributed by atoms with Crippen molar-refractivity contribution < 1.29 is 9.84 Å². The third kappa shape index (κ3) is 2.81. The van der Waals surface area contributed by atoms with E-state index in [0.29, 0.717) is 12.3 Å². The molecular formula is C13H17N3O2. The molecule has 0 aliphatic carbocycles. The normalized spacial score (nSPS) is 12.3. The molecule has 2 aromatic rings. The quantitative estimate of drug-likeness (QED) is 0.755. The van der Waals surface area contributed by atoms with E-state index in [9.17, 15) is 5.11 Å². The molecule has 0 aliphatic rings. The molecule has 96 valence electrons. The SMILES string of the molecule is COc1cc(CNC(C)c2ncc[nH]2)ccc1O. The molecule has 0 aliphatic heterocycles. The summed E-state index contributed by atoms with van der Waals surface area (Å²) in [6.45, 7) is 2.72. The van der Waals surface area contributed by atoms with Crippen LogP contribution in [0.1, 0.15) is 24.4 Å². The van der Waals surface area contributed by atoms with Crippen molar-refractivity contribution in [2.24, 2.45) is 0 Å². The summed E-state index contributed by atoms with van der Waals surface area (Å²) in [7, 11) is 1.54. The smallest absolute Gasteiger partial charge is 0.160 e. The number of nitrogens with zero attached hydrogens (tertiary/aromatic N) is 1. The fraction of sp³-hybridized carbons (Fsp3) is 0.308. The Balaban J connectivity index is 1.98. The van der Waals surface area contributed by atoms with Crippen LogP contribution in [0, 0.1) is 0 Å². The van der Waals surface area contributed by atoms with Crippen molar-refractivity contribution in [1.29, 1.82) is 0 Å². The second kappa shape index (κ2) is 5.55. The van der Waals surface area contributed by atoms with E-state index in [1.54, 1.807) is 18.5 Å². The lowest BCUT2D eigenvalue weighted by atomic mass is 10.2. The Morgan fingerprint density at radius 3 is 3.00 bits per heavy atom. The van der Waals surface area contributed by atoms with Gasteiger partial charge in [0.05, 0.1) is 13.2 Å². The van der Waals surface area contributed by atoms with Crippen LogP contribution >= 0.6 is 0 Å². The number of nitrogens with one attached hydrogen (secondary N) is 2. The molecule has 2 rings (SSSR count). The van der Waals surface area contributed by atoms with Crippen molar-refractivity contribution in [2.45, 2.75) is 19.5 Å². The second-order valence-electron chi connectivity index (χ2n) is 4.08. The highest BCUT2D eigenvalue weighted by Crippen LogP contribution is 2.26. The first-order chi connectivity index (χ1) is 8.70. The highest BCUT2D eigenvalue weighted by Gasteiger charge is 2.08. The van der Waals surface area contributed by atoms with Gasteiger partial charge in [-0.25, -0.2) is 4.98 Å². The maximum absolute atomic E-state index is 9.50. The minimum atomic E-state index is 0.139. The van der Waals surface area contributed by atoms with Gasteiger partial charge < -0.3 is 20.1 Å². The number of aromatic nitrogens is 2. The summed E-state index contributed by atoms with van der Waals surface area (Å²) >= 11 is 0. The fourth-order valence-electron chi connectivity index (χ4n) is 1.71. The Morgan fingerprint density at radius 2 is 2.33 bits per heavy atom.